The molecule has 0 bridgehead atoms. The molecule has 0 amide bonds. The van der Waals surface area contributed by atoms with Crippen LogP contribution in [0.2, 0.25) is 0 Å². The van der Waals surface area contributed by atoms with E-state index in [4.69, 9.17) is 0 Å². The first kappa shape index (κ1) is 7.72. The summed E-state index contributed by atoms with van der Waals surface area (Å²) in [6, 6.07) is 9.45. The highest BCUT2D eigenvalue weighted by Gasteiger charge is 2.03. The minimum Gasteiger partial charge on any atom is -0.356 e. The summed E-state index contributed by atoms with van der Waals surface area (Å²) in [5.74, 6) is 0. The predicted octanol–water partition coefficient (Wildman–Crippen LogP) is 2.45. The van der Waals surface area contributed by atoms with Crippen molar-refractivity contribution < 1.29 is 4.84 Å². The van der Waals surface area contributed by atoms with Crippen molar-refractivity contribution in [2.45, 2.75) is 13.0 Å². The van der Waals surface area contributed by atoms with Crippen LogP contribution in [0.3, 0.4) is 0 Å². The molecule has 3 heteroatoms. The Labute approximate surface area is 64.9 Å². The van der Waals surface area contributed by atoms with E-state index in [-0.39, 0.29) is 6.10 Å². The van der Waals surface area contributed by atoms with Crippen LogP contribution in [0.4, 0.5) is 0 Å². The van der Waals surface area contributed by atoms with Crippen molar-refractivity contribution in [2.24, 2.45) is 5.34 Å². The van der Waals surface area contributed by atoms with E-state index >= 15 is 0 Å². The Morgan fingerprint density at radius 2 is 2.00 bits per heavy atom. The van der Waals surface area contributed by atoms with Crippen LogP contribution in [0.1, 0.15) is 18.6 Å². The number of rotatable bonds is 3. The third-order valence-electron chi connectivity index (χ3n) is 1.47. The summed E-state index contributed by atoms with van der Waals surface area (Å²) in [5, 5.41) is 2.36. The molecule has 0 radical (unpaired) electrons. The normalized spacial score (nSPS) is 12.1. The van der Waals surface area contributed by atoms with Gasteiger partial charge in [-0.05, 0) is 12.5 Å². The molecule has 1 aromatic rings. The second-order valence-corrected chi connectivity index (χ2v) is 2.23. The van der Waals surface area contributed by atoms with Gasteiger partial charge in [-0.3, -0.25) is 0 Å². The van der Waals surface area contributed by atoms with E-state index in [0.29, 0.717) is 0 Å². The maximum Gasteiger partial charge on any atom is 0.155 e. The van der Waals surface area contributed by atoms with Crippen LogP contribution >= 0.6 is 0 Å². The summed E-state index contributed by atoms with van der Waals surface area (Å²) in [6.07, 6.45) is -0.256. The smallest absolute Gasteiger partial charge is 0.155 e. The van der Waals surface area contributed by atoms with Crippen LogP contribution in [0.15, 0.2) is 35.7 Å². The summed E-state index contributed by atoms with van der Waals surface area (Å²) in [5.41, 5.74) is 0.951. The molecule has 0 aromatic heterocycles. The molecule has 0 saturated heterocycles. The molecule has 1 aromatic carbocycles. The van der Waals surface area contributed by atoms with E-state index in [0.717, 1.165) is 5.56 Å². The topological polar surface area (TPSA) is 38.7 Å². The third kappa shape index (κ3) is 2.04. The Morgan fingerprint density at radius 1 is 1.36 bits per heavy atom. The van der Waals surface area contributed by atoms with E-state index in [9.17, 15) is 4.91 Å². The lowest BCUT2D eigenvalue weighted by molar-refractivity contribution is 0.0683. The lowest BCUT2D eigenvalue weighted by Crippen LogP contribution is -1.93. The monoisotopic (exact) mass is 151 g/mol. The van der Waals surface area contributed by atoms with Crippen molar-refractivity contribution in [1.82, 2.24) is 0 Å². The average Bonchev–Trinajstić information content (AvgIpc) is 2.07. The van der Waals surface area contributed by atoms with E-state index in [1.807, 2.05) is 30.3 Å². The molecule has 0 fully saturated rings. The standard InChI is InChI=1S/C8H9NO2/c1-7(11-9-10)8-5-3-2-4-6-8/h2-7H,1H3/t7-/m0/s1. The van der Waals surface area contributed by atoms with Crippen LogP contribution in [-0.2, 0) is 4.84 Å². The van der Waals surface area contributed by atoms with Crippen molar-refractivity contribution >= 4 is 0 Å². The Balaban J connectivity index is 2.68. The fourth-order valence-electron chi connectivity index (χ4n) is 0.849. The highest BCUT2D eigenvalue weighted by molar-refractivity contribution is 5.16. The maximum atomic E-state index is 9.72. The second-order valence-electron chi connectivity index (χ2n) is 2.23. The Morgan fingerprint density at radius 3 is 2.55 bits per heavy atom. The largest absolute Gasteiger partial charge is 0.356 e. The van der Waals surface area contributed by atoms with Crippen molar-refractivity contribution in [2.75, 3.05) is 0 Å². The van der Waals surface area contributed by atoms with Crippen molar-refractivity contribution in [1.29, 1.82) is 0 Å². The molecular formula is C8H9NO2. The number of benzene rings is 1. The summed E-state index contributed by atoms with van der Waals surface area (Å²) in [6.45, 7) is 1.77. The SMILES string of the molecule is C[C@H](ON=O)c1ccccc1. The van der Waals surface area contributed by atoms with Gasteiger partial charge in [0, 0.05) is 0 Å². The van der Waals surface area contributed by atoms with E-state index in [1.165, 1.54) is 0 Å². The fraction of sp³-hybridized carbons (Fsp3) is 0.250. The summed E-state index contributed by atoms with van der Waals surface area (Å²) in [4.78, 5) is 14.2. The van der Waals surface area contributed by atoms with Gasteiger partial charge in [0.2, 0.25) is 0 Å². The molecule has 0 aliphatic heterocycles. The molecular weight excluding hydrogens is 142 g/mol. The summed E-state index contributed by atoms with van der Waals surface area (Å²) >= 11 is 0. The van der Waals surface area contributed by atoms with E-state index < -0.39 is 0 Å². The molecule has 0 spiro atoms. The minimum atomic E-state index is -0.256. The van der Waals surface area contributed by atoms with Gasteiger partial charge in [0.05, 0.1) is 0 Å². The quantitative estimate of drug-likeness (QED) is 0.491. The van der Waals surface area contributed by atoms with Gasteiger partial charge in [0.15, 0.2) is 11.4 Å². The molecule has 11 heavy (non-hydrogen) atoms. The van der Waals surface area contributed by atoms with Gasteiger partial charge < -0.3 is 4.84 Å². The Bertz CT molecular complexity index is 223. The molecule has 1 atom stereocenters. The average molecular weight is 151 g/mol. The van der Waals surface area contributed by atoms with Gasteiger partial charge in [-0.1, -0.05) is 30.3 Å². The molecule has 0 saturated carbocycles. The van der Waals surface area contributed by atoms with Gasteiger partial charge in [-0.2, -0.15) is 0 Å². The van der Waals surface area contributed by atoms with Crippen molar-refractivity contribution in [3.8, 4) is 0 Å². The van der Waals surface area contributed by atoms with Gasteiger partial charge in [0.25, 0.3) is 0 Å². The third-order valence-corrected chi connectivity index (χ3v) is 1.47. The Hall–Kier alpha value is -1.38. The second kappa shape index (κ2) is 3.71. The molecule has 0 aliphatic carbocycles. The summed E-state index contributed by atoms with van der Waals surface area (Å²) < 4.78 is 0. The highest BCUT2D eigenvalue weighted by Crippen LogP contribution is 2.15. The van der Waals surface area contributed by atoms with Crippen LogP contribution < -0.4 is 0 Å². The van der Waals surface area contributed by atoms with Crippen LogP contribution in [0.25, 0.3) is 0 Å². The van der Waals surface area contributed by atoms with Gasteiger partial charge in [0.1, 0.15) is 0 Å². The molecule has 3 nitrogen and oxygen atoms in total. The number of hydrogen-bond acceptors (Lipinski definition) is 3. The fourth-order valence-corrected chi connectivity index (χ4v) is 0.849. The molecule has 0 heterocycles. The molecule has 0 unspecified atom stereocenters. The predicted molar refractivity (Wildman–Crippen MR) is 41.7 cm³/mol. The highest BCUT2D eigenvalue weighted by atomic mass is 16.7. The van der Waals surface area contributed by atoms with E-state index in [2.05, 4.69) is 10.2 Å². The molecule has 0 aliphatic rings. The Kier molecular flexibility index (Phi) is 2.60. The van der Waals surface area contributed by atoms with Gasteiger partial charge in [-0.15, -0.1) is 4.91 Å². The minimum absolute atomic E-state index is 0.256. The zero-order chi connectivity index (χ0) is 8.10. The van der Waals surface area contributed by atoms with Crippen LogP contribution in [-0.4, -0.2) is 0 Å². The number of nitrogens with zero attached hydrogens (tertiary/aromatic N) is 1. The number of hydrogen-bond donors (Lipinski definition) is 0. The molecule has 58 valence electrons. The van der Waals surface area contributed by atoms with Gasteiger partial charge in [-0.25, -0.2) is 0 Å². The lowest BCUT2D eigenvalue weighted by Gasteiger charge is -2.05. The van der Waals surface area contributed by atoms with Crippen LogP contribution in [0.5, 0.6) is 0 Å². The van der Waals surface area contributed by atoms with Gasteiger partial charge >= 0.3 is 0 Å². The first-order valence-corrected chi connectivity index (χ1v) is 3.38. The first-order chi connectivity index (χ1) is 5.34. The zero-order valence-corrected chi connectivity index (χ0v) is 6.23. The van der Waals surface area contributed by atoms with Crippen LogP contribution in [0, 0.1) is 4.91 Å². The van der Waals surface area contributed by atoms with Crippen molar-refractivity contribution in [3.05, 3.63) is 40.8 Å². The molecule has 0 N–H and O–H groups in total. The van der Waals surface area contributed by atoms with Crippen molar-refractivity contribution in [3.63, 3.8) is 0 Å². The lowest BCUT2D eigenvalue weighted by atomic mass is 10.1. The first-order valence-electron chi connectivity index (χ1n) is 3.38. The van der Waals surface area contributed by atoms with E-state index in [1.54, 1.807) is 6.92 Å². The zero-order valence-electron chi connectivity index (χ0n) is 6.23. The molecule has 1 rings (SSSR count). The summed E-state index contributed by atoms with van der Waals surface area (Å²) in [7, 11) is 0. The maximum absolute atomic E-state index is 9.72.